The Hall–Kier alpha value is -1.16. The highest BCUT2D eigenvalue weighted by atomic mass is 16.3. The van der Waals surface area contributed by atoms with Crippen LogP contribution in [0.4, 0.5) is 0 Å². The van der Waals surface area contributed by atoms with E-state index >= 15 is 0 Å². The van der Waals surface area contributed by atoms with E-state index in [2.05, 4.69) is 5.92 Å². The zero-order chi connectivity index (χ0) is 5.98. The molecule has 0 aliphatic heterocycles. The van der Waals surface area contributed by atoms with Crippen molar-refractivity contribution in [2.24, 2.45) is 0 Å². The Morgan fingerprint density at radius 1 is 1.75 bits per heavy atom. The summed E-state index contributed by atoms with van der Waals surface area (Å²) in [6, 6.07) is 1.84. The lowest BCUT2D eigenvalue weighted by Gasteiger charge is -1.78. The van der Waals surface area contributed by atoms with E-state index in [1.165, 1.54) is 0 Å². The van der Waals surface area contributed by atoms with Crippen LogP contribution in [0.5, 0.6) is 0 Å². The standard InChI is InChI=1S/C7H6O/c1-3-7-6(2)4-5-8-7/h1,4-5H,2H3. The first-order valence-electron chi connectivity index (χ1n) is 2.35. The summed E-state index contributed by atoms with van der Waals surface area (Å²) in [6.45, 7) is 1.92. The molecule has 0 amide bonds. The van der Waals surface area contributed by atoms with Crippen LogP contribution in [0, 0.1) is 19.3 Å². The third-order valence-corrected chi connectivity index (χ3v) is 0.993. The molecule has 8 heavy (non-hydrogen) atoms. The van der Waals surface area contributed by atoms with Gasteiger partial charge in [0.25, 0.3) is 0 Å². The normalized spacial score (nSPS) is 8.50. The van der Waals surface area contributed by atoms with Gasteiger partial charge in [-0.1, -0.05) is 0 Å². The van der Waals surface area contributed by atoms with E-state index < -0.39 is 0 Å². The first kappa shape index (κ1) is 4.99. The molecule has 0 atom stereocenters. The molecular formula is C7H6O. The fourth-order valence-electron chi connectivity index (χ4n) is 0.521. The molecule has 1 aromatic heterocycles. The minimum atomic E-state index is 0.630. The van der Waals surface area contributed by atoms with Gasteiger partial charge in [-0.2, -0.15) is 0 Å². The van der Waals surface area contributed by atoms with Crippen molar-refractivity contribution in [2.75, 3.05) is 0 Å². The van der Waals surface area contributed by atoms with Gasteiger partial charge in [0.15, 0.2) is 5.76 Å². The van der Waals surface area contributed by atoms with Crippen molar-refractivity contribution in [1.82, 2.24) is 0 Å². The van der Waals surface area contributed by atoms with Crippen LogP contribution >= 0.6 is 0 Å². The molecule has 0 N–H and O–H groups in total. The van der Waals surface area contributed by atoms with E-state index in [1.54, 1.807) is 6.26 Å². The Balaban J connectivity index is 3.15. The summed E-state index contributed by atoms with van der Waals surface area (Å²) in [4.78, 5) is 0. The minimum absolute atomic E-state index is 0.630. The van der Waals surface area contributed by atoms with E-state index in [0.717, 1.165) is 5.56 Å². The van der Waals surface area contributed by atoms with Crippen molar-refractivity contribution in [1.29, 1.82) is 0 Å². The van der Waals surface area contributed by atoms with Crippen LogP contribution in [0.25, 0.3) is 0 Å². The van der Waals surface area contributed by atoms with E-state index in [9.17, 15) is 0 Å². The zero-order valence-electron chi connectivity index (χ0n) is 4.64. The lowest BCUT2D eigenvalue weighted by molar-refractivity contribution is 0.552. The summed E-state index contributed by atoms with van der Waals surface area (Å²) >= 11 is 0. The van der Waals surface area contributed by atoms with Crippen LogP contribution in [0.3, 0.4) is 0 Å². The van der Waals surface area contributed by atoms with Crippen molar-refractivity contribution >= 4 is 0 Å². The van der Waals surface area contributed by atoms with E-state index in [1.807, 2.05) is 13.0 Å². The molecule has 40 valence electrons. The molecule has 1 heterocycles. The highest BCUT2D eigenvalue weighted by Gasteiger charge is 1.92. The maximum atomic E-state index is 5.05. The molecule has 0 aliphatic rings. The molecule has 0 aromatic carbocycles. The Kier molecular flexibility index (Phi) is 1.09. The van der Waals surface area contributed by atoms with Crippen LogP contribution in [-0.2, 0) is 0 Å². The molecule has 0 aliphatic carbocycles. The largest absolute Gasteiger partial charge is 0.456 e. The molecule has 0 radical (unpaired) electrons. The number of hydrogen-bond acceptors (Lipinski definition) is 1. The number of furan rings is 1. The topological polar surface area (TPSA) is 13.1 Å². The predicted octanol–water partition coefficient (Wildman–Crippen LogP) is 1.57. The summed E-state index contributed by atoms with van der Waals surface area (Å²) in [5.74, 6) is 3.04. The van der Waals surface area contributed by atoms with E-state index in [4.69, 9.17) is 10.8 Å². The third-order valence-electron chi connectivity index (χ3n) is 0.993. The Morgan fingerprint density at radius 3 is 2.75 bits per heavy atom. The summed E-state index contributed by atoms with van der Waals surface area (Å²) in [6.07, 6.45) is 6.64. The van der Waals surface area contributed by atoms with Gasteiger partial charge in [0.05, 0.1) is 6.26 Å². The minimum Gasteiger partial charge on any atom is -0.456 e. The van der Waals surface area contributed by atoms with E-state index in [0.29, 0.717) is 5.76 Å². The summed E-state index contributed by atoms with van der Waals surface area (Å²) in [7, 11) is 0. The van der Waals surface area contributed by atoms with Gasteiger partial charge in [-0.3, -0.25) is 0 Å². The average Bonchev–Trinajstić information content (AvgIpc) is 2.14. The molecule has 1 nitrogen and oxygen atoms in total. The van der Waals surface area contributed by atoms with E-state index in [-0.39, 0.29) is 0 Å². The predicted molar refractivity (Wildman–Crippen MR) is 31.4 cm³/mol. The fourth-order valence-corrected chi connectivity index (χ4v) is 0.521. The van der Waals surface area contributed by atoms with Gasteiger partial charge in [-0.15, -0.1) is 6.42 Å². The van der Waals surface area contributed by atoms with Crippen LogP contribution in [0.2, 0.25) is 0 Å². The van der Waals surface area contributed by atoms with Gasteiger partial charge in [0, 0.05) is 5.56 Å². The number of terminal acetylenes is 1. The van der Waals surface area contributed by atoms with Crippen molar-refractivity contribution < 1.29 is 4.42 Å². The first-order chi connectivity index (χ1) is 3.84. The Morgan fingerprint density at radius 2 is 2.50 bits per heavy atom. The maximum Gasteiger partial charge on any atom is 0.179 e. The molecule has 0 bridgehead atoms. The lowest BCUT2D eigenvalue weighted by atomic mass is 10.3. The molecule has 0 unspecified atom stereocenters. The SMILES string of the molecule is C#Cc1occc1C. The average molecular weight is 106 g/mol. The first-order valence-corrected chi connectivity index (χ1v) is 2.35. The molecule has 1 rings (SSSR count). The lowest BCUT2D eigenvalue weighted by Crippen LogP contribution is -1.67. The van der Waals surface area contributed by atoms with Gasteiger partial charge in [0.2, 0.25) is 0 Å². The Labute approximate surface area is 48.3 Å². The third kappa shape index (κ3) is 0.607. The monoisotopic (exact) mass is 106 g/mol. The molecule has 0 spiro atoms. The van der Waals surface area contributed by atoms with Crippen molar-refractivity contribution in [3.05, 3.63) is 23.7 Å². The molecular weight excluding hydrogens is 100 g/mol. The van der Waals surface area contributed by atoms with Gasteiger partial charge in [-0.05, 0) is 18.9 Å². The molecule has 1 heteroatoms. The number of hydrogen-bond donors (Lipinski definition) is 0. The molecule has 0 saturated carbocycles. The van der Waals surface area contributed by atoms with Crippen LogP contribution in [0.15, 0.2) is 16.7 Å². The van der Waals surface area contributed by atoms with Crippen molar-refractivity contribution in [3.63, 3.8) is 0 Å². The second-order valence-electron chi connectivity index (χ2n) is 1.58. The molecule has 0 saturated heterocycles. The summed E-state index contributed by atoms with van der Waals surface area (Å²) in [5.41, 5.74) is 1.02. The fraction of sp³-hybridized carbons (Fsp3) is 0.143. The zero-order valence-corrected chi connectivity index (χ0v) is 4.64. The number of aryl methyl sites for hydroxylation is 1. The maximum absolute atomic E-state index is 5.05. The van der Waals surface area contributed by atoms with Crippen LogP contribution in [0.1, 0.15) is 11.3 Å². The van der Waals surface area contributed by atoms with Gasteiger partial charge < -0.3 is 4.42 Å². The van der Waals surface area contributed by atoms with Crippen molar-refractivity contribution in [3.8, 4) is 12.3 Å². The van der Waals surface area contributed by atoms with Gasteiger partial charge >= 0.3 is 0 Å². The number of rotatable bonds is 0. The highest BCUT2D eigenvalue weighted by Crippen LogP contribution is 2.04. The van der Waals surface area contributed by atoms with Crippen LogP contribution < -0.4 is 0 Å². The summed E-state index contributed by atoms with van der Waals surface area (Å²) < 4.78 is 4.88. The van der Waals surface area contributed by atoms with Crippen molar-refractivity contribution in [2.45, 2.75) is 6.92 Å². The van der Waals surface area contributed by atoms with Gasteiger partial charge in [-0.25, -0.2) is 0 Å². The second-order valence-corrected chi connectivity index (χ2v) is 1.58. The molecule has 1 aromatic rings. The van der Waals surface area contributed by atoms with Crippen LogP contribution in [-0.4, -0.2) is 0 Å². The smallest absolute Gasteiger partial charge is 0.179 e. The van der Waals surface area contributed by atoms with Gasteiger partial charge in [0.1, 0.15) is 0 Å². The second kappa shape index (κ2) is 1.75. The quantitative estimate of drug-likeness (QED) is 0.457. The highest BCUT2D eigenvalue weighted by molar-refractivity contribution is 5.29. The summed E-state index contributed by atoms with van der Waals surface area (Å²) in [5, 5.41) is 0. The molecule has 0 fully saturated rings. The Bertz CT molecular complexity index is 215.